The molecule has 2 N–H and O–H groups in total. The van der Waals surface area contributed by atoms with E-state index in [4.69, 9.17) is 9.72 Å². The van der Waals surface area contributed by atoms with Gasteiger partial charge in [0.25, 0.3) is 0 Å². The number of carbonyl (C=O) groups is 1. The monoisotopic (exact) mass is 585 g/mol. The zero-order valence-electron chi connectivity index (χ0n) is 22.4. The molecular weight excluding hydrogens is 550 g/mol. The number of fused-ring (bicyclic) bond motifs is 1. The Morgan fingerprint density at radius 3 is 2.45 bits per heavy atom. The van der Waals surface area contributed by atoms with Gasteiger partial charge in [-0.25, -0.2) is 14.8 Å². The van der Waals surface area contributed by atoms with Crippen molar-refractivity contribution in [2.45, 2.75) is 71.2 Å². The van der Waals surface area contributed by atoms with Crippen LogP contribution in [0.2, 0.25) is 0 Å². The maximum Gasteiger partial charge on any atom is 0.410 e. The summed E-state index contributed by atoms with van der Waals surface area (Å²) >= 11 is 3.59. The molecule has 1 unspecified atom stereocenters. The van der Waals surface area contributed by atoms with Crippen LogP contribution in [0.5, 0.6) is 0 Å². The number of carbonyl (C=O) groups excluding carboxylic acids is 1. The summed E-state index contributed by atoms with van der Waals surface area (Å²) in [5.74, 6) is 1.83. The predicted molar refractivity (Wildman–Crippen MR) is 152 cm³/mol. The Kier molecular flexibility index (Phi) is 7.50. The molecule has 3 aliphatic rings. The fourth-order valence-electron chi connectivity index (χ4n) is 5.25. The molecule has 1 saturated heterocycles. The Hall–Kier alpha value is -2.92. The number of amides is 1. The van der Waals surface area contributed by atoms with Crippen LogP contribution in [0, 0.1) is 0 Å². The summed E-state index contributed by atoms with van der Waals surface area (Å²) in [4.78, 5) is 32.3. The Bertz CT molecular complexity index is 1200. The zero-order valence-corrected chi connectivity index (χ0v) is 24.0. The smallest absolute Gasteiger partial charge is 0.410 e. The molecule has 0 spiro atoms. The Labute approximate surface area is 232 Å². The van der Waals surface area contributed by atoms with Gasteiger partial charge in [-0.1, -0.05) is 28.8 Å². The summed E-state index contributed by atoms with van der Waals surface area (Å²) < 4.78 is 6.26. The van der Waals surface area contributed by atoms with Gasteiger partial charge in [-0.3, -0.25) is 0 Å². The van der Waals surface area contributed by atoms with Crippen LogP contribution < -0.4 is 15.1 Å². The third-order valence-electron chi connectivity index (χ3n) is 7.27. The highest BCUT2D eigenvalue weighted by molar-refractivity contribution is 9.11. The number of aromatic nitrogens is 3. The van der Waals surface area contributed by atoms with Crippen molar-refractivity contribution in [3.05, 3.63) is 34.6 Å². The molecule has 0 aromatic carbocycles. The molecule has 1 amide bonds. The van der Waals surface area contributed by atoms with Gasteiger partial charge in [0.15, 0.2) is 6.23 Å². The van der Waals surface area contributed by atoms with E-state index >= 15 is 0 Å². The molecule has 4 heterocycles. The van der Waals surface area contributed by atoms with E-state index in [-0.39, 0.29) is 12.1 Å². The number of anilines is 4. The SMILES string of the molecule is CC1=C(Br)C(O)N(C2CCCC2)c2nc(Nc3ccc(N4CCN(C(=O)OC(C)(C)C)CC4)cn3)ncc21. The van der Waals surface area contributed by atoms with E-state index in [2.05, 4.69) is 36.1 Å². The number of hydrogen-bond acceptors (Lipinski definition) is 9. The second-order valence-corrected chi connectivity index (χ2v) is 12.0. The maximum atomic E-state index is 12.3. The normalized spacial score (nSPS) is 20.6. The number of rotatable bonds is 4. The zero-order chi connectivity index (χ0) is 27.0. The van der Waals surface area contributed by atoms with Crippen molar-refractivity contribution in [2.24, 2.45) is 0 Å². The summed E-state index contributed by atoms with van der Waals surface area (Å²) in [6, 6.07) is 4.17. The van der Waals surface area contributed by atoms with Gasteiger partial charge >= 0.3 is 6.09 Å². The van der Waals surface area contributed by atoms with E-state index in [9.17, 15) is 9.90 Å². The van der Waals surface area contributed by atoms with Gasteiger partial charge in [-0.2, -0.15) is 4.98 Å². The first-order chi connectivity index (χ1) is 18.1. The van der Waals surface area contributed by atoms with Crippen LogP contribution in [0.4, 0.5) is 28.1 Å². The van der Waals surface area contributed by atoms with Gasteiger partial charge in [0.05, 0.1) is 11.9 Å². The van der Waals surface area contributed by atoms with Crippen molar-refractivity contribution in [3.63, 3.8) is 0 Å². The van der Waals surface area contributed by atoms with Gasteiger partial charge in [0.1, 0.15) is 17.2 Å². The average Bonchev–Trinajstić information content (AvgIpc) is 3.41. The molecule has 2 fully saturated rings. The molecule has 5 rings (SSSR count). The number of allylic oxidation sites excluding steroid dienone is 1. The molecule has 2 aromatic rings. The lowest BCUT2D eigenvalue weighted by Crippen LogP contribution is -2.50. The third-order valence-corrected chi connectivity index (χ3v) is 8.27. The number of ether oxygens (including phenoxy) is 1. The number of nitrogens with one attached hydrogen (secondary N) is 1. The van der Waals surface area contributed by atoms with Gasteiger partial charge in [0, 0.05) is 48.5 Å². The van der Waals surface area contributed by atoms with Gasteiger partial charge < -0.3 is 29.9 Å². The lowest BCUT2D eigenvalue weighted by molar-refractivity contribution is 0.0240. The minimum atomic E-state index is -0.749. The fraction of sp³-hybridized carbons (Fsp3) is 0.556. The van der Waals surface area contributed by atoms with Crippen LogP contribution >= 0.6 is 15.9 Å². The number of piperazine rings is 1. The Morgan fingerprint density at radius 2 is 1.82 bits per heavy atom. The summed E-state index contributed by atoms with van der Waals surface area (Å²) in [6.07, 6.45) is 7.02. The molecule has 0 radical (unpaired) electrons. The summed E-state index contributed by atoms with van der Waals surface area (Å²) in [5, 5.41) is 14.3. The average molecular weight is 587 g/mol. The second-order valence-electron chi connectivity index (χ2n) is 11.1. The maximum absolute atomic E-state index is 12.3. The highest BCUT2D eigenvalue weighted by atomic mass is 79.9. The second kappa shape index (κ2) is 10.7. The number of aliphatic hydroxyl groups excluding tert-OH is 1. The third kappa shape index (κ3) is 5.58. The molecule has 2 aliphatic heterocycles. The minimum absolute atomic E-state index is 0.250. The van der Waals surface area contributed by atoms with Crippen molar-refractivity contribution in [3.8, 4) is 0 Å². The highest BCUT2D eigenvalue weighted by Crippen LogP contribution is 2.42. The molecule has 2 aromatic heterocycles. The van der Waals surface area contributed by atoms with E-state index < -0.39 is 11.8 Å². The Balaban J connectivity index is 1.26. The van der Waals surface area contributed by atoms with E-state index in [1.807, 2.05) is 57.1 Å². The lowest BCUT2D eigenvalue weighted by atomic mass is 10.0. The molecule has 0 bridgehead atoms. The van der Waals surface area contributed by atoms with Crippen molar-refractivity contribution >= 4 is 50.9 Å². The molecule has 204 valence electrons. The molecule has 10 nitrogen and oxygen atoms in total. The van der Waals surface area contributed by atoms with Crippen LogP contribution in [-0.2, 0) is 4.74 Å². The van der Waals surface area contributed by atoms with Crippen LogP contribution in [0.1, 0.15) is 58.9 Å². The van der Waals surface area contributed by atoms with E-state index in [1.54, 1.807) is 4.90 Å². The first-order valence-corrected chi connectivity index (χ1v) is 14.1. The number of aliphatic hydroxyl groups is 1. The Morgan fingerprint density at radius 1 is 1.11 bits per heavy atom. The number of nitrogens with zero attached hydrogens (tertiary/aromatic N) is 6. The summed E-state index contributed by atoms with van der Waals surface area (Å²) in [5.41, 5.74) is 2.37. The van der Waals surface area contributed by atoms with E-state index in [0.717, 1.165) is 52.8 Å². The van der Waals surface area contributed by atoms with Gasteiger partial charge in [-0.05, 0) is 58.2 Å². The van der Waals surface area contributed by atoms with Crippen molar-refractivity contribution in [2.75, 3.05) is 41.3 Å². The van der Waals surface area contributed by atoms with Crippen LogP contribution in [0.3, 0.4) is 0 Å². The number of halogens is 1. The summed E-state index contributed by atoms with van der Waals surface area (Å²) in [7, 11) is 0. The fourth-order valence-corrected chi connectivity index (χ4v) is 5.68. The molecule has 11 heteroatoms. The highest BCUT2D eigenvalue weighted by Gasteiger charge is 2.36. The number of pyridine rings is 1. The van der Waals surface area contributed by atoms with Crippen molar-refractivity contribution in [1.82, 2.24) is 19.9 Å². The van der Waals surface area contributed by atoms with Crippen LogP contribution in [0.25, 0.3) is 5.57 Å². The van der Waals surface area contributed by atoms with Crippen LogP contribution in [0.15, 0.2) is 29.0 Å². The largest absolute Gasteiger partial charge is 0.444 e. The van der Waals surface area contributed by atoms with Crippen molar-refractivity contribution in [1.29, 1.82) is 0 Å². The molecular formula is C27H36BrN7O3. The van der Waals surface area contributed by atoms with E-state index in [1.165, 1.54) is 0 Å². The summed E-state index contributed by atoms with van der Waals surface area (Å²) in [6.45, 7) is 10.2. The quantitative estimate of drug-likeness (QED) is 0.519. The first kappa shape index (κ1) is 26.7. The minimum Gasteiger partial charge on any atom is -0.444 e. The molecule has 1 saturated carbocycles. The molecule has 38 heavy (non-hydrogen) atoms. The molecule has 1 atom stereocenters. The van der Waals surface area contributed by atoms with Gasteiger partial charge in [-0.15, -0.1) is 0 Å². The van der Waals surface area contributed by atoms with Gasteiger partial charge in [0.2, 0.25) is 5.95 Å². The van der Waals surface area contributed by atoms with Crippen LogP contribution in [-0.4, -0.2) is 75.1 Å². The lowest BCUT2D eigenvalue weighted by Gasteiger charge is -2.39. The first-order valence-electron chi connectivity index (χ1n) is 13.3. The number of hydrogen-bond donors (Lipinski definition) is 2. The van der Waals surface area contributed by atoms with Crippen molar-refractivity contribution < 1.29 is 14.6 Å². The topological polar surface area (TPSA) is 107 Å². The van der Waals surface area contributed by atoms with E-state index in [0.29, 0.717) is 37.9 Å². The standard InChI is InChI=1S/C27H36BrN7O3/c1-17-20-16-30-25(32-23(20)35(24(36)22(17)28)18-7-5-6-8-18)31-21-10-9-19(15-29-21)33-11-13-34(14-12-33)26(37)38-27(2,3)4/h9-10,15-16,18,24,36H,5-8,11-14H2,1-4H3,(H,29,30,31,32). The predicted octanol–water partition coefficient (Wildman–Crippen LogP) is 4.88. The molecule has 1 aliphatic carbocycles.